The number of hydrogen-bond donors (Lipinski definition) is 6. The maximum atomic E-state index is 11.7. The van der Waals surface area contributed by atoms with Gasteiger partial charge in [0.1, 0.15) is 34.5 Å². The predicted molar refractivity (Wildman–Crippen MR) is 251 cm³/mol. The van der Waals surface area contributed by atoms with Crippen molar-refractivity contribution in [2.75, 3.05) is 39.6 Å². The molecule has 18 heteroatoms. The highest BCUT2D eigenvalue weighted by Crippen LogP contribution is 2.33. The van der Waals surface area contributed by atoms with Gasteiger partial charge < -0.3 is 59.1 Å². The Morgan fingerprint density at radius 1 is 0.282 bits per heavy atom. The molecule has 18 nitrogen and oxygen atoms in total. The standard InChI is InChI=1S/C53H48O18/c54-48(55)26-66-42-6-3-4-32(21-42)16-38-12-9-34(23-44(38)68-28-50(58)59)18-40-14-11-36(25-46(40)70-30-52(62)63)20-41-15-10-35(24-47(41)71-31-53(64)65)19-39-13-8-33(22-45(39)69-29-51(60)61)17-37-5-1-2-7-43(37)67-27-49(56)57/h1-15,21-25H,16-20,26-31H2,(H,54,55)(H,56,57)(H,58,59)(H,60,61)(H,62,63)(H,64,65). The average Bonchev–Trinajstić information content (AvgIpc) is 3.33. The molecule has 0 fully saturated rings. The largest absolute Gasteiger partial charge is 0.482 e. The number of carboxylic acid groups (broad SMARTS) is 6. The molecule has 6 N–H and O–H groups in total. The smallest absolute Gasteiger partial charge is 0.341 e. The van der Waals surface area contributed by atoms with E-state index >= 15 is 0 Å². The van der Waals surface area contributed by atoms with Crippen molar-refractivity contribution in [2.24, 2.45) is 0 Å². The maximum absolute atomic E-state index is 11.7. The van der Waals surface area contributed by atoms with Crippen LogP contribution in [0, 0.1) is 0 Å². The van der Waals surface area contributed by atoms with Crippen LogP contribution < -0.4 is 28.4 Å². The summed E-state index contributed by atoms with van der Waals surface area (Å²) < 4.78 is 33.7. The van der Waals surface area contributed by atoms with E-state index in [1.54, 1.807) is 103 Å². The highest BCUT2D eigenvalue weighted by Gasteiger charge is 2.17. The van der Waals surface area contributed by atoms with Gasteiger partial charge in [-0.3, -0.25) is 0 Å². The summed E-state index contributed by atoms with van der Waals surface area (Å²) >= 11 is 0. The highest BCUT2D eigenvalue weighted by molar-refractivity contribution is 5.71. The first-order valence-corrected chi connectivity index (χ1v) is 21.8. The molecular weight excluding hydrogens is 925 g/mol. The molecule has 0 unspecified atom stereocenters. The summed E-state index contributed by atoms with van der Waals surface area (Å²) in [7, 11) is 0. The highest BCUT2D eigenvalue weighted by atomic mass is 16.5. The summed E-state index contributed by atoms with van der Waals surface area (Å²) in [5.41, 5.74) is 6.62. The second-order valence-corrected chi connectivity index (χ2v) is 16.0. The summed E-state index contributed by atoms with van der Waals surface area (Å²) in [6, 6.07) is 34.8. The Morgan fingerprint density at radius 3 is 0.901 bits per heavy atom. The first-order chi connectivity index (χ1) is 34.1. The van der Waals surface area contributed by atoms with Crippen LogP contribution in [0.15, 0.2) is 121 Å². The second kappa shape index (κ2) is 24.8. The number of carboxylic acids is 6. The fourth-order valence-corrected chi connectivity index (χ4v) is 7.44. The summed E-state index contributed by atoms with van der Waals surface area (Å²) in [4.78, 5) is 68.6. The molecule has 6 aromatic rings. The summed E-state index contributed by atoms with van der Waals surface area (Å²) in [6.07, 6.45) is 1.24. The van der Waals surface area contributed by atoms with Crippen molar-refractivity contribution < 1.29 is 87.8 Å². The molecule has 0 heterocycles. The van der Waals surface area contributed by atoms with Crippen molar-refractivity contribution in [3.63, 3.8) is 0 Å². The van der Waals surface area contributed by atoms with Gasteiger partial charge >= 0.3 is 35.8 Å². The van der Waals surface area contributed by atoms with Gasteiger partial charge in [-0.25, -0.2) is 28.8 Å². The number of carbonyl (C=O) groups is 6. The monoisotopic (exact) mass is 972 g/mol. The first-order valence-electron chi connectivity index (χ1n) is 21.8. The number of para-hydroxylation sites is 1. The molecule has 0 radical (unpaired) electrons. The van der Waals surface area contributed by atoms with E-state index in [1.165, 1.54) is 0 Å². The quantitative estimate of drug-likeness (QED) is 0.0309. The molecule has 368 valence electrons. The molecule has 6 rings (SSSR count). The minimum Gasteiger partial charge on any atom is -0.482 e. The van der Waals surface area contributed by atoms with Crippen LogP contribution in [0.2, 0.25) is 0 Å². The van der Waals surface area contributed by atoms with Crippen LogP contribution >= 0.6 is 0 Å². The van der Waals surface area contributed by atoms with Gasteiger partial charge in [0.05, 0.1) is 0 Å². The average molecular weight is 973 g/mol. The lowest BCUT2D eigenvalue weighted by Crippen LogP contribution is -2.12. The van der Waals surface area contributed by atoms with Crippen molar-refractivity contribution in [1.29, 1.82) is 0 Å². The minimum atomic E-state index is -1.22. The third kappa shape index (κ3) is 16.3. The van der Waals surface area contributed by atoms with E-state index in [0.29, 0.717) is 68.8 Å². The van der Waals surface area contributed by atoms with Crippen LogP contribution in [0.1, 0.15) is 55.6 Å². The van der Waals surface area contributed by atoms with Crippen molar-refractivity contribution >= 4 is 35.8 Å². The second-order valence-electron chi connectivity index (χ2n) is 16.0. The third-order valence-corrected chi connectivity index (χ3v) is 10.5. The molecule has 0 amide bonds. The molecule has 6 aromatic carbocycles. The number of aliphatic carboxylic acids is 6. The van der Waals surface area contributed by atoms with Crippen LogP contribution in [-0.4, -0.2) is 106 Å². The Bertz CT molecular complexity index is 2910. The van der Waals surface area contributed by atoms with Crippen LogP contribution in [0.5, 0.6) is 34.5 Å². The zero-order valence-corrected chi connectivity index (χ0v) is 37.9. The Balaban J connectivity index is 1.25. The lowest BCUT2D eigenvalue weighted by Gasteiger charge is -2.17. The van der Waals surface area contributed by atoms with Crippen LogP contribution in [0.4, 0.5) is 0 Å². The Hall–Kier alpha value is -9.06. The molecule has 71 heavy (non-hydrogen) atoms. The van der Waals surface area contributed by atoms with Gasteiger partial charge in [0, 0.05) is 32.1 Å². The molecule has 0 spiro atoms. The molecule has 0 aliphatic heterocycles. The minimum absolute atomic E-state index is 0.197. The SMILES string of the molecule is O=C(O)COc1cccc(Cc2ccc(Cc3ccc(Cc4ccc(Cc5ccc(Cc6ccccc6OCC(=O)O)cc5OCC(=O)O)cc4OCC(=O)O)cc3OCC(=O)O)cc2OCC(=O)O)c1. The fourth-order valence-electron chi connectivity index (χ4n) is 7.44. The van der Waals surface area contributed by atoms with Crippen molar-refractivity contribution in [1.82, 2.24) is 0 Å². The first kappa shape index (κ1) is 51.3. The van der Waals surface area contributed by atoms with E-state index in [-0.39, 0.29) is 42.3 Å². The number of benzene rings is 6. The summed E-state index contributed by atoms with van der Waals surface area (Å²) in [5.74, 6) is -5.28. The normalized spacial score (nSPS) is 10.7. The van der Waals surface area contributed by atoms with E-state index in [0.717, 1.165) is 11.1 Å². The number of rotatable bonds is 28. The van der Waals surface area contributed by atoms with E-state index in [4.69, 9.17) is 38.6 Å². The van der Waals surface area contributed by atoms with Crippen LogP contribution in [0.25, 0.3) is 0 Å². The van der Waals surface area contributed by atoms with Gasteiger partial charge in [-0.15, -0.1) is 0 Å². The molecule has 0 bridgehead atoms. The molecule has 0 saturated carbocycles. The van der Waals surface area contributed by atoms with Crippen molar-refractivity contribution in [3.05, 3.63) is 177 Å². The fraction of sp³-hybridized carbons (Fsp3) is 0.208. The molecular formula is C53H48O18. The van der Waals surface area contributed by atoms with Gasteiger partial charge in [0.25, 0.3) is 0 Å². The van der Waals surface area contributed by atoms with Crippen molar-refractivity contribution in [3.8, 4) is 34.5 Å². The summed E-state index contributed by atoms with van der Waals surface area (Å²) in [5, 5.41) is 56.1. The van der Waals surface area contributed by atoms with E-state index in [2.05, 4.69) is 0 Å². The molecule has 0 atom stereocenters. The zero-order valence-electron chi connectivity index (χ0n) is 37.9. The zero-order chi connectivity index (χ0) is 50.9. The topological polar surface area (TPSA) is 279 Å². The van der Waals surface area contributed by atoms with Crippen LogP contribution in [-0.2, 0) is 60.9 Å². The maximum Gasteiger partial charge on any atom is 0.341 e. The molecule has 0 aliphatic rings. The summed E-state index contributed by atoms with van der Waals surface area (Å²) in [6.45, 7) is -3.62. The lowest BCUT2D eigenvalue weighted by atomic mass is 9.95. The molecule has 0 aromatic heterocycles. The van der Waals surface area contributed by atoms with Gasteiger partial charge in [-0.1, -0.05) is 78.9 Å². The van der Waals surface area contributed by atoms with Gasteiger partial charge in [-0.2, -0.15) is 0 Å². The Labute approximate surface area is 405 Å². The van der Waals surface area contributed by atoms with Crippen LogP contribution in [0.3, 0.4) is 0 Å². The van der Waals surface area contributed by atoms with Gasteiger partial charge in [0.15, 0.2) is 39.6 Å². The van der Waals surface area contributed by atoms with E-state index in [9.17, 15) is 49.2 Å². The van der Waals surface area contributed by atoms with Gasteiger partial charge in [0.2, 0.25) is 0 Å². The third-order valence-electron chi connectivity index (χ3n) is 10.5. The van der Waals surface area contributed by atoms with Crippen molar-refractivity contribution in [2.45, 2.75) is 32.1 Å². The van der Waals surface area contributed by atoms with E-state index < -0.39 is 75.5 Å². The predicted octanol–water partition coefficient (Wildman–Crippen LogP) is 6.42. The number of hydrogen-bond acceptors (Lipinski definition) is 12. The molecule has 0 aliphatic carbocycles. The molecule has 0 saturated heterocycles. The van der Waals surface area contributed by atoms with E-state index in [1.807, 2.05) is 18.2 Å². The Morgan fingerprint density at radius 2 is 0.563 bits per heavy atom. The number of ether oxygens (including phenoxy) is 6. The van der Waals surface area contributed by atoms with Gasteiger partial charge in [-0.05, 0) is 98.1 Å². The lowest BCUT2D eigenvalue weighted by molar-refractivity contribution is -0.140. The Kier molecular flexibility index (Phi) is 17.9.